The summed E-state index contributed by atoms with van der Waals surface area (Å²) < 4.78 is 10.5. The van der Waals surface area contributed by atoms with Gasteiger partial charge < -0.3 is 22.8 Å². The van der Waals surface area contributed by atoms with Crippen molar-refractivity contribution in [2.45, 2.75) is 6.92 Å². The fraction of sp³-hybridized carbons (Fsp3) is 0.235. The number of hydrogen-bond acceptors (Lipinski definition) is 3. The Kier molecular flexibility index (Phi) is 8.46. The number of carbonyl (C=O) groups is 1. The molecule has 0 amide bonds. The van der Waals surface area contributed by atoms with Crippen molar-refractivity contribution >= 4 is 19.4 Å². The van der Waals surface area contributed by atoms with Crippen molar-refractivity contribution in [1.29, 1.82) is 0 Å². The SMILES string of the molecule is COCCOc1ccc([P-]C(=O)c2ccccc2)c(C)c1.[Li+]. The van der Waals surface area contributed by atoms with Gasteiger partial charge in [-0.1, -0.05) is 42.0 Å². The summed E-state index contributed by atoms with van der Waals surface area (Å²) in [6.07, 6.45) is 0. The van der Waals surface area contributed by atoms with Crippen LogP contribution in [0.3, 0.4) is 0 Å². The van der Waals surface area contributed by atoms with E-state index in [1.54, 1.807) is 7.11 Å². The van der Waals surface area contributed by atoms with Crippen LogP contribution >= 0.6 is 8.58 Å². The van der Waals surface area contributed by atoms with Crippen LogP contribution in [0.4, 0.5) is 0 Å². The summed E-state index contributed by atoms with van der Waals surface area (Å²) in [4.78, 5) is 12.2. The molecule has 3 nitrogen and oxygen atoms in total. The zero-order chi connectivity index (χ0) is 15.1. The topological polar surface area (TPSA) is 35.5 Å². The number of ether oxygens (including phenoxy) is 2. The van der Waals surface area contributed by atoms with E-state index in [2.05, 4.69) is 0 Å². The fourth-order valence-corrected chi connectivity index (χ4v) is 2.73. The predicted molar refractivity (Wildman–Crippen MR) is 85.9 cm³/mol. The van der Waals surface area contributed by atoms with Crippen molar-refractivity contribution < 1.29 is 33.1 Å². The molecule has 0 N–H and O–H groups in total. The molecule has 22 heavy (non-hydrogen) atoms. The molecule has 0 heterocycles. The zero-order valence-electron chi connectivity index (χ0n) is 13.2. The third kappa shape index (κ3) is 5.59. The van der Waals surface area contributed by atoms with E-state index < -0.39 is 0 Å². The Hall–Kier alpha value is -1.10. The van der Waals surface area contributed by atoms with E-state index in [-0.39, 0.29) is 24.4 Å². The van der Waals surface area contributed by atoms with Gasteiger partial charge in [-0.3, -0.25) is 0 Å². The molecular formula is C17H18LiO3P. The smallest absolute Gasteiger partial charge is 0.491 e. The second-order valence-corrected chi connectivity index (χ2v) is 5.68. The minimum absolute atomic E-state index is 0. The molecule has 0 fully saturated rings. The Morgan fingerprint density at radius 3 is 2.45 bits per heavy atom. The second-order valence-electron chi connectivity index (χ2n) is 4.57. The molecule has 0 unspecified atom stereocenters. The Bertz CT molecular complexity index is 602. The normalized spacial score (nSPS) is 10.5. The number of hydrogen-bond donors (Lipinski definition) is 0. The maximum Gasteiger partial charge on any atom is 1.00 e. The van der Waals surface area contributed by atoms with E-state index in [4.69, 9.17) is 9.47 Å². The Morgan fingerprint density at radius 2 is 1.82 bits per heavy atom. The summed E-state index contributed by atoms with van der Waals surface area (Å²) in [7, 11) is 2.33. The van der Waals surface area contributed by atoms with Gasteiger partial charge in [0.25, 0.3) is 0 Å². The molecule has 0 saturated carbocycles. The van der Waals surface area contributed by atoms with Gasteiger partial charge in [0, 0.05) is 12.6 Å². The molecule has 0 saturated heterocycles. The third-order valence-corrected chi connectivity index (χ3v) is 4.17. The molecule has 0 aromatic heterocycles. The molecule has 2 rings (SSSR count). The van der Waals surface area contributed by atoms with E-state index in [1.807, 2.05) is 55.5 Å². The first-order valence-electron chi connectivity index (χ1n) is 6.74. The number of methoxy groups -OCH3 is 1. The van der Waals surface area contributed by atoms with Gasteiger partial charge in [0.15, 0.2) is 0 Å². The quantitative estimate of drug-likeness (QED) is 0.423. The van der Waals surface area contributed by atoms with Gasteiger partial charge in [0.1, 0.15) is 12.4 Å². The van der Waals surface area contributed by atoms with Gasteiger partial charge in [-0.25, -0.2) is 0 Å². The summed E-state index contributed by atoms with van der Waals surface area (Å²) in [6, 6.07) is 15.1. The maximum atomic E-state index is 12.2. The largest absolute Gasteiger partial charge is 1.00 e. The van der Waals surface area contributed by atoms with Crippen molar-refractivity contribution in [2.24, 2.45) is 0 Å². The van der Waals surface area contributed by atoms with Crippen molar-refractivity contribution in [1.82, 2.24) is 0 Å². The van der Waals surface area contributed by atoms with Crippen LogP contribution in [0.15, 0.2) is 48.5 Å². The van der Waals surface area contributed by atoms with Gasteiger partial charge in [-0.05, 0) is 24.6 Å². The molecule has 0 aliphatic carbocycles. The maximum absolute atomic E-state index is 12.2. The van der Waals surface area contributed by atoms with E-state index in [0.29, 0.717) is 21.8 Å². The molecule has 0 radical (unpaired) electrons. The predicted octanol–water partition coefficient (Wildman–Crippen LogP) is 0.436. The molecule has 0 bridgehead atoms. The molecule has 0 aliphatic rings. The number of rotatable bonds is 7. The van der Waals surface area contributed by atoms with Gasteiger partial charge in [0.05, 0.1) is 6.61 Å². The summed E-state index contributed by atoms with van der Waals surface area (Å²) in [5.41, 5.74) is 1.89. The second kappa shape index (κ2) is 9.82. The minimum atomic E-state index is 0. The summed E-state index contributed by atoms with van der Waals surface area (Å²) in [6.45, 7) is 3.07. The van der Waals surface area contributed by atoms with E-state index in [9.17, 15) is 4.79 Å². The Balaban J connectivity index is 0.00000242. The standard InChI is InChI=1S/C17H18O3P.Li/c1-13-12-15(20-11-10-19-2)8-9-16(13)21-17(18)14-6-4-3-5-7-14;/h3-9,12H,10-11H2,1-2H3;/q-1;+1. The van der Waals surface area contributed by atoms with Gasteiger partial charge in [-0.2, -0.15) is 5.30 Å². The van der Waals surface area contributed by atoms with E-state index in [1.165, 1.54) is 0 Å². The van der Waals surface area contributed by atoms with Crippen LogP contribution in [0.25, 0.3) is 0 Å². The summed E-state index contributed by atoms with van der Waals surface area (Å²) >= 11 is 0. The first-order valence-corrected chi connectivity index (χ1v) is 7.63. The van der Waals surface area contributed by atoms with Crippen LogP contribution in [-0.2, 0) is 4.74 Å². The van der Waals surface area contributed by atoms with Crippen molar-refractivity contribution in [2.75, 3.05) is 20.3 Å². The van der Waals surface area contributed by atoms with Crippen LogP contribution in [0.1, 0.15) is 15.9 Å². The monoisotopic (exact) mass is 308 g/mol. The van der Waals surface area contributed by atoms with Crippen molar-refractivity contribution in [3.05, 3.63) is 59.7 Å². The molecule has 2 aromatic rings. The molecule has 0 atom stereocenters. The van der Waals surface area contributed by atoms with Crippen LogP contribution in [-0.4, -0.2) is 25.8 Å². The molecular weight excluding hydrogens is 290 g/mol. The van der Waals surface area contributed by atoms with Gasteiger partial charge in [0.2, 0.25) is 0 Å². The zero-order valence-corrected chi connectivity index (χ0v) is 14.1. The first kappa shape index (κ1) is 18.9. The van der Waals surface area contributed by atoms with E-state index in [0.717, 1.165) is 22.2 Å². The van der Waals surface area contributed by atoms with Crippen LogP contribution in [0.5, 0.6) is 5.75 Å². The third-order valence-electron chi connectivity index (χ3n) is 2.97. The molecule has 110 valence electrons. The van der Waals surface area contributed by atoms with Crippen LogP contribution in [0, 0.1) is 6.92 Å². The number of benzene rings is 2. The van der Waals surface area contributed by atoms with Crippen molar-refractivity contribution in [3.63, 3.8) is 0 Å². The molecule has 2 aromatic carbocycles. The first-order chi connectivity index (χ1) is 10.2. The van der Waals surface area contributed by atoms with Gasteiger partial charge >= 0.3 is 18.9 Å². The average molecular weight is 308 g/mol. The summed E-state index contributed by atoms with van der Waals surface area (Å²) in [5, 5.41) is 1.00. The number of aryl methyl sites for hydroxylation is 1. The molecule has 5 heteroatoms. The number of carbonyl (C=O) groups excluding carboxylic acids is 1. The fourth-order valence-electron chi connectivity index (χ4n) is 1.84. The minimum Gasteiger partial charge on any atom is -0.491 e. The molecule has 0 spiro atoms. The van der Waals surface area contributed by atoms with Gasteiger partial charge in [-0.15, -0.1) is 0 Å². The Labute approximate surface area is 145 Å². The summed E-state index contributed by atoms with van der Waals surface area (Å²) in [5.74, 6) is 0.802. The average Bonchev–Trinajstić information content (AvgIpc) is 2.51. The molecule has 0 aliphatic heterocycles. The van der Waals surface area contributed by atoms with E-state index >= 15 is 0 Å². The van der Waals surface area contributed by atoms with Crippen molar-refractivity contribution in [3.8, 4) is 5.75 Å². The Morgan fingerprint density at radius 1 is 1.09 bits per heavy atom. The van der Waals surface area contributed by atoms with Crippen LogP contribution < -0.4 is 28.9 Å². The van der Waals surface area contributed by atoms with Crippen LogP contribution in [0.2, 0.25) is 0 Å².